The van der Waals surface area contributed by atoms with Gasteiger partial charge in [0.1, 0.15) is 5.02 Å². The molecule has 0 aromatic heterocycles. The second kappa shape index (κ2) is 5.81. The fourth-order valence-corrected chi connectivity index (χ4v) is 2.49. The Morgan fingerprint density at radius 3 is 2.70 bits per heavy atom. The van der Waals surface area contributed by atoms with Crippen molar-refractivity contribution >= 4 is 34.8 Å². The summed E-state index contributed by atoms with van der Waals surface area (Å²) in [5.74, 6) is -0.279. The first kappa shape index (κ1) is 14.8. The quantitative estimate of drug-likeness (QED) is 0.475. The van der Waals surface area contributed by atoms with E-state index < -0.39 is 4.92 Å². The SMILES string of the molecule is CC1=CCCN(C(=O)c2cc(Cl)c(Cl)c([N+](=O)[O-])c2)C1. The molecule has 0 unspecified atom stereocenters. The van der Waals surface area contributed by atoms with Crippen molar-refractivity contribution in [3.8, 4) is 0 Å². The van der Waals surface area contributed by atoms with Crippen LogP contribution in [0.3, 0.4) is 0 Å². The average Bonchev–Trinajstić information content (AvgIpc) is 2.40. The molecule has 0 saturated heterocycles. The molecule has 0 aliphatic carbocycles. The standard InChI is InChI=1S/C13H12Cl2N2O3/c1-8-3-2-4-16(7-8)13(18)9-5-10(14)12(15)11(6-9)17(19)20/h3,5-6H,2,4,7H2,1H3. The summed E-state index contributed by atoms with van der Waals surface area (Å²) < 4.78 is 0. The van der Waals surface area contributed by atoms with Gasteiger partial charge >= 0.3 is 0 Å². The lowest BCUT2D eigenvalue weighted by Gasteiger charge is -2.26. The van der Waals surface area contributed by atoms with Crippen LogP contribution in [0.1, 0.15) is 23.7 Å². The Labute approximate surface area is 125 Å². The van der Waals surface area contributed by atoms with E-state index >= 15 is 0 Å². The van der Waals surface area contributed by atoms with Gasteiger partial charge < -0.3 is 4.90 Å². The molecule has 0 bridgehead atoms. The number of carbonyl (C=O) groups is 1. The van der Waals surface area contributed by atoms with Crippen molar-refractivity contribution in [3.63, 3.8) is 0 Å². The summed E-state index contributed by atoms with van der Waals surface area (Å²) in [5, 5.41) is 10.8. The van der Waals surface area contributed by atoms with Crippen LogP contribution in [0.15, 0.2) is 23.8 Å². The predicted octanol–water partition coefficient (Wildman–Crippen LogP) is 3.69. The number of hydrogen-bond donors (Lipinski definition) is 0. The van der Waals surface area contributed by atoms with Gasteiger partial charge in [0.05, 0.1) is 9.95 Å². The van der Waals surface area contributed by atoms with Crippen LogP contribution < -0.4 is 0 Å². The van der Waals surface area contributed by atoms with Gasteiger partial charge in [-0.3, -0.25) is 14.9 Å². The molecule has 106 valence electrons. The third kappa shape index (κ3) is 2.94. The van der Waals surface area contributed by atoms with E-state index in [4.69, 9.17) is 23.2 Å². The lowest BCUT2D eigenvalue weighted by Crippen LogP contribution is -2.35. The van der Waals surface area contributed by atoms with Crippen molar-refractivity contribution in [2.45, 2.75) is 13.3 Å². The van der Waals surface area contributed by atoms with Gasteiger partial charge in [-0.25, -0.2) is 0 Å². The van der Waals surface area contributed by atoms with Crippen molar-refractivity contribution in [1.82, 2.24) is 4.90 Å². The highest BCUT2D eigenvalue weighted by Crippen LogP contribution is 2.33. The van der Waals surface area contributed by atoms with Crippen molar-refractivity contribution in [2.24, 2.45) is 0 Å². The first-order valence-corrected chi connectivity index (χ1v) is 6.74. The molecule has 1 aromatic rings. The van der Waals surface area contributed by atoms with E-state index in [1.54, 1.807) is 4.90 Å². The Kier molecular flexibility index (Phi) is 4.30. The van der Waals surface area contributed by atoms with Gasteiger partial charge in [0.15, 0.2) is 0 Å². The maximum absolute atomic E-state index is 12.4. The maximum atomic E-state index is 12.4. The molecule has 20 heavy (non-hydrogen) atoms. The second-order valence-corrected chi connectivity index (χ2v) is 5.40. The number of hydrogen-bond acceptors (Lipinski definition) is 3. The van der Waals surface area contributed by atoms with Crippen LogP contribution in [0.2, 0.25) is 10.0 Å². The number of rotatable bonds is 2. The van der Waals surface area contributed by atoms with E-state index in [0.29, 0.717) is 13.1 Å². The maximum Gasteiger partial charge on any atom is 0.290 e. The zero-order valence-electron chi connectivity index (χ0n) is 10.7. The number of amides is 1. The third-order valence-corrected chi connectivity index (χ3v) is 3.86. The number of benzene rings is 1. The molecule has 2 rings (SSSR count). The summed E-state index contributed by atoms with van der Waals surface area (Å²) in [6.45, 7) is 3.05. The lowest BCUT2D eigenvalue weighted by atomic mass is 10.1. The van der Waals surface area contributed by atoms with Crippen LogP contribution in [0.25, 0.3) is 0 Å². The lowest BCUT2D eigenvalue weighted by molar-refractivity contribution is -0.384. The normalized spacial score (nSPS) is 14.9. The highest BCUT2D eigenvalue weighted by Gasteiger charge is 2.24. The Bertz CT molecular complexity index is 614. The van der Waals surface area contributed by atoms with E-state index in [1.165, 1.54) is 12.1 Å². The van der Waals surface area contributed by atoms with Crippen molar-refractivity contribution in [3.05, 3.63) is 49.5 Å². The van der Waals surface area contributed by atoms with Gasteiger partial charge in [-0.1, -0.05) is 34.9 Å². The van der Waals surface area contributed by atoms with Gasteiger partial charge in [0.2, 0.25) is 0 Å². The minimum absolute atomic E-state index is 0.00786. The summed E-state index contributed by atoms with van der Waals surface area (Å²) >= 11 is 11.6. The molecule has 0 atom stereocenters. The van der Waals surface area contributed by atoms with Crippen LogP contribution in [-0.4, -0.2) is 28.8 Å². The van der Waals surface area contributed by atoms with Crippen molar-refractivity contribution in [2.75, 3.05) is 13.1 Å². The van der Waals surface area contributed by atoms with Crippen LogP contribution in [0.4, 0.5) is 5.69 Å². The van der Waals surface area contributed by atoms with Crippen LogP contribution in [-0.2, 0) is 0 Å². The molecule has 0 saturated carbocycles. The molecular formula is C13H12Cl2N2O3. The number of carbonyl (C=O) groups excluding carboxylic acids is 1. The average molecular weight is 315 g/mol. The van der Waals surface area contributed by atoms with Gasteiger partial charge in [-0.2, -0.15) is 0 Å². The first-order valence-electron chi connectivity index (χ1n) is 5.98. The number of nitro groups is 1. The summed E-state index contributed by atoms with van der Waals surface area (Å²) in [5.41, 5.74) is 0.923. The highest BCUT2D eigenvalue weighted by atomic mass is 35.5. The smallest absolute Gasteiger partial charge is 0.290 e. The van der Waals surface area contributed by atoms with E-state index in [9.17, 15) is 14.9 Å². The number of nitro benzene ring substituents is 1. The topological polar surface area (TPSA) is 63.5 Å². The van der Waals surface area contributed by atoms with E-state index in [2.05, 4.69) is 6.08 Å². The number of nitrogens with zero attached hydrogens (tertiary/aromatic N) is 2. The van der Waals surface area contributed by atoms with Gasteiger partial charge in [0, 0.05) is 24.7 Å². The largest absolute Gasteiger partial charge is 0.334 e. The molecule has 1 aliphatic heterocycles. The molecule has 1 heterocycles. The highest BCUT2D eigenvalue weighted by molar-refractivity contribution is 6.43. The summed E-state index contributed by atoms with van der Waals surface area (Å²) in [6, 6.07) is 2.54. The summed E-state index contributed by atoms with van der Waals surface area (Å²) in [7, 11) is 0. The zero-order chi connectivity index (χ0) is 14.9. The first-order chi connectivity index (χ1) is 9.40. The second-order valence-electron chi connectivity index (χ2n) is 4.61. The van der Waals surface area contributed by atoms with E-state index in [-0.39, 0.29) is 27.2 Å². The Morgan fingerprint density at radius 2 is 2.10 bits per heavy atom. The summed E-state index contributed by atoms with van der Waals surface area (Å²) in [4.78, 5) is 24.3. The van der Waals surface area contributed by atoms with E-state index in [1.807, 2.05) is 6.92 Å². The molecule has 1 aliphatic rings. The molecule has 7 heteroatoms. The van der Waals surface area contributed by atoms with Crippen LogP contribution >= 0.6 is 23.2 Å². The Balaban J connectivity index is 2.35. The fourth-order valence-electron chi connectivity index (χ4n) is 2.10. The monoisotopic (exact) mass is 314 g/mol. The minimum Gasteiger partial charge on any atom is -0.334 e. The van der Waals surface area contributed by atoms with Gasteiger partial charge in [-0.05, 0) is 19.4 Å². The third-order valence-electron chi connectivity index (χ3n) is 3.07. The van der Waals surface area contributed by atoms with Crippen LogP contribution in [0, 0.1) is 10.1 Å². The zero-order valence-corrected chi connectivity index (χ0v) is 12.2. The minimum atomic E-state index is -0.646. The van der Waals surface area contributed by atoms with Crippen molar-refractivity contribution in [1.29, 1.82) is 0 Å². The van der Waals surface area contributed by atoms with Gasteiger partial charge in [0.25, 0.3) is 11.6 Å². The van der Waals surface area contributed by atoms with E-state index in [0.717, 1.165) is 12.0 Å². The molecule has 0 fully saturated rings. The summed E-state index contributed by atoms with van der Waals surface area (Å²) in [6.07, 6.45) is 2.85. The molecule has 0 N–H and O–H groups in total. The van der Waals surface area contributed by atoms with Crippen molar-refractivity contribution < 1.29 is 9.72 Å². The molecule has 1 amide bonds. The molecule has 1 aromatic carbocycles. The Hall–Kier alpha value is -1.59. The molecule has 0 radical (unpaired) electrons. The molecule has 5 nitrogen and oxygen atoms in total. The molecular weight excluding hydrogens is 303 g/mol. The predicted molar refractivity (Wildman–Crippen MR) is 77.4 cm³/mol. The van der Waals surface area contributed by atoms with Gasteiger partial charge in [-0.15, -0.1) is 0 Å². The number of halogens is 2. The fraction of sp³-hybridized carbons (Fsp3) is 0.308. The van der Waals surface area contributed by atoms with Crippen LogP contribution in [0.5, 0.6) is 0 Å². The Morgan fingerprint density at radius 1 is 1.40 bits per heavy atom. The molecule has 0 spiro atoms.